The van der Waals surface area contributed by atoms with Gasteiger partial charge in [0.15, 0.2) is 0 Å². The van der Waals surface area contributed by atoms with Crippen LogP contribution in [0.1, 0.15) is 20.8 Å². The number of carbonyl (C=O) groups is 1. The van der Waals surface area contributed by atoms with Crippen LogP contribution in [0.25, 0.3) is 0 Å². The van der Waals surface area contributed by atoms with Crippen molar-refractivity contribution in [3.05, 3.63) is 29.8 Å². The van der Waals surface area contributed by atoms with Gasteiger partial charge in [-0.2, -0.15) is 4.31 Å². The van der Waals surface area contributed by atoms with E-state index in [-0.39, 0.29) is 36.8 Å². The Morgan fingerprint density at radius 1 is 1.16 bits per heavy atom. The number of carbonyl (C=O) groups excluding carboxylic acids is 1. The lowest BCUT2D eigenvalue weighted by Gasteiger charge is -2.34. The van der Waals surface area contributed by atoms with Gasteiger partial charge >= 0.3 is 0 Å². The highest BCUT2D eigenvalue weighted by Gasteiger charge is 2.32. The number of nitrogens with zero attached hydrogens (tertiary/aromatic N) is 2. The molecule has 25 heavy (non-hydrogen) atoms. The van der Waals surface area contributed by atoms with Crippen molar-refractivity contribution in [3.8, 4) is 0 Å². The highest BCUT2D eigenvalue weighted by Crippen LogP contribution is 2.24. The van der Waals surface area contributed by atoms with E-state index >= 15 is 0 Å². The van der Waals surface area contributed by atoms with Gasteiger partial charge in [-0.15, -0.1) is 11.8 Å². The Kier molecular flexibility index (Phi) is 6.11. The molecular formula is C16H22F2N2O3S2. The molecule has 0 atom stereocenters. The summed E-state index contributed by atoms with van der Waals surface area (Å²) in [5.74, 6) is -1.64. The predicted octanol–water partition coefficient (Wildman–Crippen LogP) is 2.33. The summed E-state index contributed by atoms with van der Waals surface area (Å²) in [6, 6.07) is 2.40. The molecule has 1 aromatic carbocycles. The third kappa shape index (κ3) is 5.15. The first-order valence-electron chi connectivity index (χ1n) is 7.88. The van der Waals surface area contributed by atoms with Crippen LogP contribution in [0.5, 0.6) is 0 Å². The molecule has 1 amide bonds. The minimum Gasteiger partial charge on any atom is -0.339 e. The van der Waals surface area contributed by atoms with E-state index in [1.807, 2.05) is 20.8 Å². The van der Waals surface area contributed by atoms with Gasteiger partial charge in [0, 0.05) is 37.0 Å². The lowest BCUT2D eigenvalue weighted by atomic mass is 10.3. The average Bonchev–Trinajstić information content (AvgIpc) is 2.51. The molecule has 1 saturated heterocycles. The van der Waals surface area contributed by atoms with Crippen molar-refractivity contribution >= 4 is 27.7 Å². The van der Waals surface area contributed by atoms with Gasteiger partial charge in [-0.3, -0.25) is 4.79 Å². The highest BCUT2D eigenvalue weighted by molar-refractivity contribution is 8.01. The maximum Gasteiger partial charge on any atom is 0.246 e. The van der Waals surface area contributed by atoms with Crippen LogP contribution in [0.4, 0.5) is 8.78 Å². The van der Waals surface area contributed by atoms with Crippen molar-refractivity contribution in [3.63, 3.8) is 0 Å². The third-order valence-electron chi connectivity index (χ3n) is 3.73. The second kappa shape index (κ2) is 7.59. The summed E-state index contributed by atoms with van der Waals surface area (Å²) in [5.41, 5.74) is 0. The van der Waals surface area contributed by atoms with Crippen LogP contribution in [-0.4, -0.2) is 60.2 Å². The SMILES string of the molecule is CC(C)(C)SCC(=O)N1CCN(S(=O)(=O)c2ccc(F)cc2F)CC1. The van der Waals surface area contributed by atoms with Crippen molar-refractivity contribution in [2.24, 2.45) is 0 Å². The molecule has 0 unspecified atom stereocenters. The van der Waals surface area contributed by atoms with Crippen LogP contribution in [0.2, 0.25) is 0 Å². The Morgan fingerprint density at radius 3 is 2.28 bits per heavy atom. The molecule has 2 rings (SSSR count). The fourth-order valence-electron chi connectivity index (χ4n) is 2.37. The minimum atomic E-state index is -4.05. The van der Waals surface area contributed by atoms with Crippen LogP contribution >= 0.6 is 11.8 Å². The topological polar surface area (TPSA) is 57.7 Å². The zero-order chi connectivity index (χ0) is 18.8. The maximum absolute atomic E-state index is 13.8. The van der Waals surface area contributed by atoms with E-state index in [9.17, 15) is 22.0 Å². The average molecular weight is 392 g/mol. The summed E-state index contributed by atoms with van der Waals surface area (Å²) in [7, 11) is -4.05. The zero-order valence-corrected chi connectivity index (χ0v) is 16.1. The third-order valence-corrected chi connectivity index (χ3v) is 6.92. The van der Waals surface area contributed by atoms with Gasteiger partial charge in [-0.05, 0) is 12.1 Å². The normalized spacial score (nSPS) is 16.9. The van der Waals surface area contributed by atoms with Crippen molar-refractivity contribution in [2.75, 3.05) is 31.9 Å². The molecule has 1 aliphatic rings. The molecule has 140 valence electrons. The Balaban J connectivity index is 2.00. The summed E-state index contributed by atoms with van der Waals surface area (Å²) in [6.07, 6.45) is 0. The van der Waals surface area contributed by atoms with Crippen LogP contribution < -0.4 is 0 Å². The van der Waals surface area contributed by atoms with Crippen molar-refractivity contribution in [1.82, 2.24) is 9.21 Å². The molecule has 1 fully saturated rings. The van der Waals surface area contributed by atoms with Crippen molar-refractivity contribution in [1.29, 1.82) is 0 Å². The van der Waals surface area contributed by atoms with E-state index in [0.717, 1.165) is 16.4 Å². The summed E-state index contributed by atoms with van der Waals surface area (Å²) in [4.78, 5) is 13.3. The number of thioether (sulfide) groups is 1. The number of rotatable bonds is 4. The van der Waals surface area contributed by atoms with E-state index in [0.29, 0.717) is 11.8 Å². The molecule has 1 aliphatic heterocycles. The second-order valence-corrected chi connectivity index (χ2v) is 10.5. The van der Waals surface area contributed by atoms with Gasteiger partial charge in [0.2, 0.25) is 15.9 Å². The van der Waals surface area contributed by atoms with E-state index in [4.69, 9.17) is 0 Å². The van der Waals surface area contributed by atoms with Crippen LogP contribution in [0.15, 0.2) is 23.1 Å². The molecule has 0 aromatic heterocycles. The van der Waals surface area contributed by atoms with E-state index < -0.39 is 26.6 Å². The van der Waals surface area contributed by atoms with Gasteiger partial charge in [0.25, 0.3) is 0 Å². The second-order valence-electron chi connectivity index (χ2n) is 6.76. The Bertz CT molecular complexity index is 740. The minimum absolute atomic E-state index is 0.0269. The molecule has 0 bridgehead atoms. The smallest absolute Gasteiger partial charge is 0.246 e. The number of sulfonamides is 1. The summed E-state index contributed by atoms with van der Waals surface area (Å²) in [5, 5.41) is 0. The molecule has 5 nitrogen and oxygen atoms in total. The van der Waals surface area contributed by atoms with Gasteiger partial charge in [-0.1, -0.05) is 20.8 Å². The molecule has 0 aliphatic carbocycles. The predicted molar refractivity (Wildman–Crippen MR) is 93.9 cm³/mol. The molecular weight excluding hydrogens is 370 g/mol. The van der Waals surface area contributed by atoms with E-state index in [2.05, 4.69) is 0 Å². The number of hydrogen-bond acceptors (Lipinski definition) is 4. The first kappa shape index (κ1) is 20.1. The van der Waals surface area contributed by atoms with Gasteiger partial charge in [0.1, 0.15) is 16.5 Å². The van der Waals surface area contributed by atoms with Crippen LogP contribution in [0.3, 0.4) is 0 Å². The first-order chi connectivity index (χ1) is 11.5. The fourth-order valence-corrected chi connectivity index (χ4v) is 4.58. The largest absolute Gasteiger partial charge is 0.339 e. The van der Waals surface area contributed by atoms with Crippen LogP contribution in [-0.2, 0) is 14.8 Å². The zero-order valence-electron chi connectivity index (χ0n) is 14.5. The van der Waals surface area contributed by atoms with Gasteiger partial charge < -0.3 is 4.90 Å². The molecule has 1 aromatic rings. The van der Waals surface area contributed by atoms with Crippen molar-refractivity contribution in [2.45, 2.75) is 30.4 Å². The Labute approximate surface area is 151 Å². The molecule has 9 heteroatoms. The summed E-state index contributed by atoms with van der Waals surface area (Å²) in [6.45, 7) is 6.75. The number of piperazine rings is 1. The first-order valence-corrected chi connectivity index (χ1v) is 10.3. The lowest BCUT2D eigenvalue weighted by Crippen LogP contribution is -2.51. The molecule has 0 saturated carbocycles. The number of halogens is 2. The fraction of sp³-hybridized carbons (Fsp3) is 0.562. The van der Waals surface area contributed by atoms with E-state index in [1.54, 1.807) is 4.90 Å². The lowest BCUT2D eigenvalue weighted by molar-refractivity contribution is -0.129. The number of benzene rings is 1. The quantitative estimate of drug-likeness (QED) is 0.789. The summed E-state index contributed by atoms with van der Waals surface area (Å²) < 4.78 is 52.9. The molecule has 0 spiro atoms. The summed E-state index contributed by atoms with van der Waals surface area (Å²) >= 11 is 1.53. The van der Waals surface area contributed by atoms with Gasteiger partial charge in [0.05, 0.1) is 5.75 Å². The van der Waals surface area contributed by atoms with Crippen molar-refractivity contribution < 1.29 is 22.0 Å². The Hall–Kier alpha value is -1.19. The number of hydrogen-bond donors (Lipinski definition) is 0. The molecule has 0 N–H and O–H groups in total. The molecule has 0 radical (unpaired) electrons. The standard InChI is InChI=1S/C16H22F2N2O3S2/c1-16(2,3)24-11-15(21)19-6-8-20(9-7-19)25(22,23)14-5-4-12(17)10-13(14)18/h4-5,10H,6-9,11H2,1-3H3. The van der Waals surface area contributed by atoms with Gasteiger partial charge in [-0.25, -0.2) is 17.2 Å². The monoisotopic (exact) mass is 392 g/mol. The number of amides is 1. The Morgan fingerprint density at radius 2 is 1.76 bits per heavy atom. The van der Waals surface area contributed by atoms with Crippen LogP contribution in [0, 0.1) is 11.6 Å². The molecule has 1 heterocycles. The van der Waals surface area contributed by atoms with E-state index in [1.165, 1.54) is 11.8 Å². The highest BCUT2D eigenvalue weighted by atomic mass is 32.2. The maximum atomic E-state index is 13.8.